The number of likely N-dealkylation sites (tertiary alicyclic amines) is 3. The first-order valence-electron chi connectivity index (χ1n) is 10.9. The fourth-order valence-electron chi connectivity index (χ4n) is 5.16. The summed E-state index contributed by atoms with van der Waals surface area (Å²) in [6.07, 6.45) is 10.8. The summed E-state index contributed by atoms with van der Waals surface area (Å²) >= 11 is 0. The Kier molecular flexibility index (Phi) is 5.71. The molecule has 1 aromatic rings. The second kappa shape index (κ2) is 8.23. The lowest BCUT2D eigenvalue weighted by molar-refractivity contribution is -0.141. The molecule has 2 amide bonds. The molecular formula is C21H33N5O2. The smallest absolute Gasteiger partial charge is 0.242 e. The first-order chi connectivity index (χ1) is 13.6. The first-order valence-corrected chi connectivity index (χ1v) is 10.9. The van der Waals surface area contributed by atoms with E-state index in [-0.39, 0.29) is 23.9 Å². The van der Waals surface area contributed by atoms with E-state index >= 15 is 0 Å². The topological polar surface area (TPSA) is 61.7 Å². The SMILES string of the molecule is CCn1cc(CN2CCC[C@@]3(CCC(=O)N3CC(=O)N3CCCC3)CC2)cn1. The van der Waals surface area contributed by atoms with Crippen LogP contribution in [-0.2, 0) is 22.7 Å². The van der Waals surface area contributed by atoms with Gasteiger partial charge in [0.2, 0.25) is 11.8 Å². The third-order valence-corrected chi connectivity index (χ3v) is 6.86. The molecule has 3 fully saturated rings. The first kappa shape index (κ1) is 19.4. The summed E-state index contributed by atoms with van der Waals surface area (Å²) in [6, 6.07) is 0. The van der Waals surface area contributed by atoms with Crippen LogP contribution in [0.25, 0.3) is 0 Å². The number of amides is 2. The summed E-state index contributed by atoms with van der Waals surface area (Å²) in [5, 5.41) is 4.38. The Bertz CT molecular complexity index is 711. The van der Waals surface area contributed by atoms with Crippen molar-refractivity contribution < 1.29 is 9.59 Å². The molecule has 0 radical (unpaired) electrons. The third kappa shape index (κ3) is 3.95. The van der Waals surface area contributed by atoms with Crippen molar-refractivity contribution in [2.75, 3.05) is 32.7 Å². The molecule has 0 unspecified atom stereocenters. The monoisotopic (exact) mass is 387 g/mol. The molecule has 1 spiro atoms. The molecule has 0 bridgehead atoms. The minimum absolute atomic E-state index is 0.116. The number of hydrogen-bond donors (Lipinski definition) is 0. The Balaban J connectivity index is 1.40. The van der Waals surface area contributed by atoms with Gasteiger partial charge >= 0.3 is 0 Å². The molecule has 0 saturated carbocycles. The number of aromatic nitrogens is 2. The van der Waals surface area contributed by atoms with Crippen molar-refractivity contribution in [2.45, 2.75) is 70.5 Å². The van der Waals surface area contributed by atoms with Crippen molar-refractivity contribution >= 4 is 11.8 Å². The van der Waals surface area contributed by atoms with Gasteiger partial charge in [-0.25, -0.2) is 0 Å². The molecule has 0 aliphatic carbocycles. The van der Waals surface area contributed by atoms with E-state index in [0.717, 1.165) is 77.8 Å². The summed E-state index contributed by atoms with van der Waals surface area (Å²) in [6.45, 7) is 7.91. The van der Waals surface area contributed by atoms with Crippen molar-refractivity contribution in [1.29, 1.82) is 0 Å². The van der Waals surface area contributed by atoms with Gasteiger partial charge in [0.1, 0.15) is 6.54 Å². The maximum absolute atomic E-state index is 12.7. The lowest BCUT2D eigenvalue weighted by Gasteiger charge is -2.38. The average Bonchev–Trinajstić information content (AvgIpc) is 3.40. The van der Waals surface area contributed by atoms with Gasteiger partial charge in [-0.05, 0) is 52.0 Å². The molecule has 1 atom stereocenters. The molecule has 28 heavy (non-hydrogen) atoms. The molecule has 3 aliphatic heterocycles. The van der Waals surface area contributed by atoms with Crippen molar-refractivity contribution in [3.8, 4) is 0 Å². The maximum Gasteiger partial charge on any atom is 0.242 e. The molecule has 0 N–H and O–H groups in total. The molecule has 154 valence electrons. The average molecular weight is 388 g/mol. The van der Waals surface area contributed by atoms with Gasteiger partial charge in [0, 0.05) is 56.4 Å². The standard InChI is InChI=1S/C21H33N5O2/c1-2-25-16-18(14-22-25)15-23-10-5-7-21(9-13-23)8-6-19(27)26(21)17-20(28)24-11-3-4-12-24/h14,16H,2-13,15,17H2,1H3/t21-/m1/s1. The maximum atomic E-state index is 12.7. The van der Waals surface area contributed by atoms with E-state index in [4.69, 9.17) is 0 Å². The number of carbonyl (C=O) groups excluding carboxylic acids is 2. The molecule has 4 heterocycles. The summed E-state index contributed by atoms with van der Waals surface area (Å²) in [5.74, 6) is 0.311. The number of carbonyl (C=O) groups is 2. The van der Waals surface area contributed by atoms with E-state index in [1.54, 1.807) is 0 Å². The zero-order chi connectivity index (χ0) is 19.6. The van der Waals surface area contributed by atoms with Crippen LogP contribution in [0.3, 0.4) is 0 Å². The highest BCUT2D eigenvalue weighted by atomic mass is 16.2. The highest BCUT2D eigenvalue weighted by Gasteiger charge is 2.46. The Morgan fingerprint density at radius 1 is 1.11 bits per heavy atom. The van der Waals surface area contributed by atoms with Crippen LogP contribution < -0.4 is 0 Å². The fourth-order valence-corrected chi connectivity index (χ4v) is 5.16. The molecule has 4 rings (SSSR count). The molecule has 0 aromatic carbocycles. The van der Waals surface area contributed by atoms with Gasteiger partial charge in [-0.15, -0.1) is 0 Å². The van der Waals surface area contributed by atoms with Gasteiger partial charge < -0.3 is 9.80 Å². The molecule has 7 nitrogen and oxygen atoms in total. The molecule has 3 aliphatic rings. The van der Waals surface area contributed by atoms with E-state index < -0.39 is 0 Å². The van der Waals surface area contributed by atoms with Gasteiger partial charge in [-0.2, -0.15) is 5.10 Å². The Hall–Kier alpha value is -1.89. The Morgan fingerprint density at radius 3 is 2.68 bits per heavy atom. The Labute approximate surface area is 167 Å². The van der Waals surface area contributed by atoms with Gasteiger partial charge in [-0.1, -0.05) is 0 Å². The summed E-state index contributed by atoms with van der Waals surface area (Å²) in [7, 11) is 0. The molecular weight excluding hydrogens is 354 g/mol. The summed E-state index contributed by atoms with van der Waals surface area (Å²) < 4.78 is 1.97. The van der Waals surface area contributed by atoms with Crippen molar-refractivity contribution in [3.63, 3.8) is 0 Å². The van der Waals surface area contributed by atoms with Crippen LogP contribution in [0.4, 0.5) is 0 Å². The van der Waals surface area contributed by atoms with Crippen LogP contribution in [0.5, 0.6) is 0 Å². The zero-order valence-electron chi connectivity index (χ0n) is 17.1. The van der Waals surface area contributed by atoms with Crippen molar-refractivity contribution in [3.05, 3.63) is 18.0 Å². The minimum Gasteiger partial charge on any atom is -0.341 e. The predicted octanol–water partition coefficient (Wildman–Crippen LogP) is 1.87. The third-order valence-electron chi connectivity index (χ3n) is 6.86. The normalized spacial score (nSPS) is 26.4. The lowest BCUT2D eigenvalue weighted by Crippen LogP contribution is -2.51. The highest BCUT2D eigenvalue weighted by Crippen LogP contribution is 2.39. The van der Waals surface area contributed by atoms with Crippen LogP contribution in [0.1, 0.15) is 57.4 Å². The van der Waals surface area contributed by atoms with E-state index in [2.05, 4.69) is 23.1 Å². The number of nitrogens with zero attached hydrogens (tertiary/aromatic N) is 5. The number of hydrogen-bond acceptors (Lipinski definition) is 4. The fraction of sp³-hybridized carbons (Fsp3) is 0.762. The number of rotatable bonds is 5. The highest BCUT2D eigenvalue weighted by molar-refractivity contribution is 5.87. The van der Waals surface area contributed by atoms with Crippen LogP contribution in [0.15, 0.2) is 12.4 Å². The molecule has 1 aromatic heterocycles. The van der Waals surface area contributed by atoms with Crippen LogP contribution in [-0.4, -0.2) is 74.6 Å². The van der Waals surface area contributed by atoms with Crippen LogP contribution in [0.2, 0.25) is 0 Å². The quantitative estimate of drug-likeness (QED) is 0.774. The van der Waals surface area contributed by atoms with E-state index in [0.29, 0.717) is 6.42 Å². The second-order valence-electron chi connectivity index (χ2n) is 8.63. The van der Waals surface area contributed by atoms with E-state index in [1.165, 1.54) is 5.56 Å². The zero-order valence-corrected chi connectivity index (χ0v) is 17.1. The summed E-state index contributed by atoms with van der Waals surface area (Å²) in [4.78, 5) is 31.7. The lowest BCUT2D eigenvalue weighted by atomic mass is 9.87. The minimum atomic E-state index is -0.116. The van der Waals surface area contributed by atoms with E-state index in [1.807, 2.05) is 20.7 Å². The summed E-state index contributed by atoms with van der Waals surface area (Å²) in [5.41, 5.74) is 1.14. The predicted molar refractivity (Wildman–Crippen MR) is 107 cm³/mol. The number of aryl methyl sites for hydroxylation is 1. The van der Waals surface area contributed by atoms with E-state index in [9.17, 15) is 9.59 Å². The van der Waals surface area contributed by atoms with Gasteiger partial charge in [-0.3, -0.25) is 19.2 Å². The molecule has 3 saturated heterocycles. The Morgan fingerprint density at radius 2 is 1.93 bits per heavy atom. The van der Waals surface area contributed by atoms with Gasteiger partial charge in [0.25, 0.3) is 0 Å². The molecule has 7 heteroatoms. The second-order valence-corrected chi connectivity index (χ2v) is 8.63. The largest absolute Gasteiger partial charge is 0.341 e. The van der Waals surface area contributed by atoms with Crippen LogP contribution >= 0.6 is 0 Å². The van der Waals surface area contributed by atoms with Crippen molar-refractivity contribution in [1.82, 2.24) is 24.5 Å². The van der Waals surface area contributed by atoms with Crippen LogP contribution in [0, 0.1) is 0 Å². The van der Waals surface area contributed by atoms with Gasteiger partial charge in [0.05, 0.1) is 6.20 Å². The van der Waals surface area contributed by atoms with Crippen molar-refractivity contribution in [2.24, 2.45) is 0 Å². The van der Waals surface area contributed by atoms with Gasteiger partial charge in [0.15, 0.2) is 0 Å².